The van der Waals surface area contributed by atoms with Crippen LogP contribution in [0.4, 0.5) is 0 Å². The number of primary amides is 1. The topological polar surface area (TPSA) is 75.8 Å². The fraction of sp³-hybridized carbons (Fsp3) is 0.417. The second-order valence-electron chi connectivity index (χ2n) is 4.12. The fourth-order valence-corrected chi connectivity index (χ4v) is 1.41. The molecule has 0 radical (unpaired) electrons. The standard InChI is InChI=1S/C12H18N2O3/c1-14(2)7-10(15)8-17-11-5-3-4-9(6-11)12(13)16/h3-6,10,15H,7-8H2,1-2H3,(H2,13,16). The minimum Gasteiger partial charge on any atom is -0.491 e. The molecule has 5 nitrogen and oxygen atoms in total. The van der Waals surface area contributed by atoms with Gasteiger partial charge in [-0.25, -0.2) is 0 Å². The molecule has 0 saturated heterocycles. The Morgan fingerprint density at radius 3 is 2.82 bits per heavy atom. The monoisotopic (exact) mass is 238 g/mol. The first-order valence-electron chi connectivity index (χ1n) is 5.34. The molecule has 0 bridgehead atoms. The van der Waals surface area contributed by atoms with E-state index in [0.717, 1.165) is 0 Å². The smallest absolute Gasteiger partial charge is 0.248 e. The lowest BCUT2D eigenvalue weighted by molar-refractivity contribution is 0.0830. The van der Waals surface area contributed by atoms with Crippen molar-refractivity contribution in [1.29, 1.82) is 0 Å². The van der Waals surface area contributed by atoms with E-state index in [4.69, 9.17) is 10.5 Å². The minimum absolute atomic E-state index is 0.181. The molecule has 0 aliphatic rings. The maximum atomic E-state index is 10.9. The highest BCUT2D eigenvalue weighted by molar-refractivity contribution is 5.93. The van der Waals surface area contributed by atoms with Crippen LogP contribution in [0.25, 0.3) is 0 Å². The van der Waals surface area contributed by atoms with Gasteiger partial charge in [-0.2, -0.15) is 0 Å². The molecule has 1 aromatic carbocycles. The third-order valence-corrected chi connectivity index (χ3v) is 2.14. The highest BCUT2D eigenvalue weighted by atomic mass is 16.5. The van der Waals surface area contributed by atoms with E-state index in [0.29, 0.717) is 17.9 Å². The van der Waals surface area contributed by atoms with Crippen LogP contribution in [-0.4, -0.2) is 49.3 Å². The van der Waals surface area contributed by atoms with Crippen LogP contribution in [-0.2, 0) is 0 Å². The number of rotatable bonds is 6. The molecular weight excluding hydrogens is 220 g/mol. The van der Waals surface area contributed by atoms with E-state index in [1.54, 1.807) is 24.3 Å². The minimum atomic E-state index is -0.567. The lowest BCUT2D eigenvalue weighted by atomic mass is 10.2. The van der Waals surface area contributed by atoms with Crippen LogP contribution in [0.5, 0.6) is 5.75 Å². The Bertz CT molecular complexity index is 380. The summed E-state index contributed by atoms with van der Waals surface area (Å²) < 4.78 is 5.38. The number of carbonyl (C=O) groups is 1. The van der Waals surface area contributed by atoms with Gasteiger partial charge >= 0.3 is 0 Å². The van der Waals surface area contributed by atoms with Crippen LogP contribution in [0.2, 0.25) is 0 Å². The Kier molecular flexibility index (Phi) is 4.93. The zero-order chi connectivity index (χ0) is 12.8. The van der Waals surface area contributed by atoms with Crippen LogP contribution in [0, 0.1) is 0 Å². The van der Waals surface area contributed by atoms with Gasteiger partial charge in [0.2, 0.25) is 5.91 Å². The molecule has 94 valence electrons. The number of amides is 1. The zero-order valence-corrected chi connectivity index (χ0v) is 10.1. The van der Waals surface area contributed by atoms with E-state index in [1.807, 2.05) is 19.0 Å². The number of ether oxygens (including phenoxy) is 1. The van der Waals surface area contributed by atoms with Crippen LogP contribution in [0.15, 0.2) is 24.3 Å². The molecule has 1 atom stereocenters. The molecule has 0 spiro atoms. The third-order valence-electron chi connectivity index (χ3n) is 2.14. The summed E-state index contributed by atoms with van der Waals surface area (Å²) in [6, 6.07) is 6.58. The van der Waals surface area contributed by atoms with Gasteiger partial charge in [0.05, 0.1) is 0 Å². The highest BCUT2D eigenvalue weighted by Crippen LogP contribution is 2.13. The molecule has 1 amide bonds. The molecule has 5 heteroatoms. The number of nitrogens with zero attached hydrogens (tertiary/aromatic N) is 1. The second kappa shape index (κ2) is 6.22. The predicted octanol–water partition coefficient (Wildman–Crippen LogP) is 0.0868. The Morgan fingerprint density at radius 1 is 1.53 bits per heavy atom. The van der Waals surface area contributed by atoms with Crippen molar-refractivity contribution in [2.24, 2.45) is 5.73 Å². The maximum absolute atomic E-state index is 10.9. The van der Waals surface area contributed by atoms with Gasteiger partial charge in [-0.15, -0.1) is 0 Å². The number of likely N-dealkylation sites (N-methyl/N-ethyl adjacent to an activating group) is 1. The van der Waals surface area contributed by atoms with E-state index in [1.165, 1.54) is 0 Å². The summed E-state index contributed by atoms with van der Waals surface area (Å²) in [5.41, 5.74) is 5.55. The van der Waals surface area contributed by atoms with E-state index in [-0.39, 0.29) is 6.61 Å². The number of carbonyl (C=O) groups excluding carboxylic acids is 1. The number of hydrogen-bond donors (Lipinski definition) is 2. The van der Waals surface area contributed by atoms with Crippen LogP contribution in [0.1, 0.15) is 10.4 Å². The zero-order valence-electron chi connectivity index (χ0n) is 10.1. The van der Waals surface area contributed by atoms with E-state index in [9.17, 15) is 9.90 Å². The highest BCUT2D eigenvalue weighted by Gasteiger charge is 2.07. The van der Waals surface area contributed by atoms with Gasteiger partial charge in [-0.3, -0.25) is 4.79 Å². The van der Waals surface area contributed by atoms with E-state index >= 15 is 0 Å². The predicted molar refractivity (Wildman–Crippen MR) is 65.0 cm³/mol. The molecule has 0 aliphatic carbocycles. The summed E-state index contributed by atoms with van der Waals surface area (Å²) >= 11 is 0. The summed E-state index contributed by atoms with van der Waals surface area (Å²) in [4.78, 5) is 12.8. The summed E-state index contributed by atoms with van der Waals surface area (Å²) in [7, 11) is 3.74. The van der Waals surface area contributed by atoms with Gasteiger partial charge < -0.3 is 20.5 Å². The van der Waals surface area contributed by atoms with E-state index in [2.05, 4.69) is 0 Å². The van der Waals surface area contributed by atoms with Gasteiger partial charge in [0.1, 0.15) is 18.5 Å². The van der Waals surface area contributed by atoms with Crippen molar-refractivity contribution >= 4 is 5.91 Å². The molecule has 1 unspecified atom stereocenters. The summed E-state index contributed by atoms with van der Waals surface area (Å²) in [5, 5.41) is 9.60. The quantitative estimate of drug-likeness (QED) is 0.736. The molecule has 0 heterocycles. The normalized spacial score (nSPS) is 12.5. The van der Waals surface area contributed by atoms with Crippen molar-refractivity contribution in [2.75, 3.05) is 27.2 Å². The maximum Gasteiger partial charge on any atom is 0.248 e. The lowest BCUT2D eigenvalue weighted by Gasteiger charge is -2.16. The van der Waals surface area contributed by atoms with Crippen molar-refractivity contribution in [1.82, 2.24) is 4.90 Å². The Balaban J connectivity index is 2.51. The Hall–Kier alpha value is -1.59. The molecule has 3 N–H and O–H groups in total. The van der Waals surface area contributed by atoms with Crippen molar-refractivity contribution in [3.8, 4) is 5.75 Å². The molecule has 17 heavy (non-hydrogen) atoms. The SMILES string of the molecule is CN(C)CC(O)COc1cccc(C(N)=O)c1. The first-order valence-corrected chi connectivity index (χ1v) is 5.34. The van der Waals surface area contributed by atoms with Gasteiger partial charge in [0.25, 0.3) is 0 Å². The van der Waals surface area contributed by atoms with E-state index < -0.39 is 12.0 Å². The van der Waals surface area contributed by atoms with Crippen molar-refractivity contribution in [2.45, 2.75) is 6.10 Å². The van der Waals surface area contributed by atoms with Crippen molar-refractivity contribution in [3.05, 3.63) is 29.8 Å². The number of nitrogens with two attached hydrogens (primary N) is 1. The number of hydrogen-bond acceptors (Lipinski definition) is 4. The third kappa shape index (κ3) is 4.84. The summed E-state index contributed by atoms with van der Waals surface area (Å²) in [6.07, 6.45) is -0.567. The number of aliphatic hydroxyl groups is 1. The summed E-state index contributed by atoms with van der Waals surface area (Å²) in [5.74, 6) is 0.0309. The first-order chi connectivity index (χ1) is 7.99. The van der Waals surface area contributed by atoms with Crippen molar-refractivity contribution in [3.63, 3.8) is 0 Å². The molecule has 1 aromatic rings. The summed E-state index contributed by atoms with van der Waals surface area (Å²) in [6.45, 7) is 0.704. The number of benzene rings is 1. The van der Waals surface area contributed by atoms with Crippen LogP contribution < -0.4 is 10.5 Å². The van der Waals surface area contributed by atoms with Gasteiger partial charge in [0.15, 0.2) is 0 Å². The largest absolute Gasteiger partial charge is 0.491 e. The Morgan fingerprint density at radius 2 is 2.24 bits per heavy atom. The fourth-order valence-electron chi connectivity index (χ4n) is 1.41. The van der Waals surface area contributed by atoms with Crippen LogP contribution >= 0.6 is 0 Å². The average Bonchev–Trinajstić information content (AvgIpc) is 2.26. The lowest BCUT2D eigenvalue weighted by Crippen LogP contribution is -2.30. The van der Waals surface area contributed by atoms with Gasteiger partial charge in [-0.05, 0) is 32.3 Å². The van der Waals surface area contributed by atoms with Gasteiger partial charge in [-0.1, -0.05) is 6.07 Å². The molecule has 0 fully saturated rings. The average molecular weight is 238 g/mol. The molecule has 0 aliphatic heterocycles. The van der Waals surface area contributed by atoms with Crippen LogP contribution in [0.3, 0.4) is 0 Å². The second-order valence-corrected chi connectivity index (χ2v) is 4.12. The first kappa shape index (κ1) is 13.5. The van der Waals surface area contributed by atoms with Gasteiger partial charge in [0, 0.05) is 12.1 Å². The molecule has 1 rings (SSSR count). The molecular formula is C12H18N2O3. The Labute approximate surface area is 101 Å². The molecule has 0 aromatic heterocycles. The number of aliphatic hydroxyl groups excluding tert-OH is 1. The van der Waals surface area contributed by atoms with Crippen molar-refractivity contribution < 1.29 is 14.6 Å². The molecule has 0 saturated carbocycles.